The maximum Gasteiger partial charge on any atom is 0.161 e. The van der Waals surface area contributed by atoms with Crippen LogP contribution in [0.4, 0.5) is 5.69 Å². The third-order valence-corrected chi connectivity index (χ3v) is 4.11. The Morgan fingerprint density at radius 1 is 1.11 bits per heavy atom. The molecule has 0 fully saturated rings. The normalized spacial score (nSPS) is 10.3. The molecule has 0 spiro atoms. The van der Waals surface area contributed by atoms with Crippen LogP contribution in [0.1, 0.15) is 22.8 Å². The molecular formula is C16H16INO. The summed E-state index contributed by atoms with van der Waals surface area (Å²) >= 11 is 2.34. The van der Waals surface area contributed by atoms with Gasteiger partial charge < -0.3 is 4.90 Å². The first-order valence-electron chi connectivity index (χ1n) is 6.14. The van der Waals surface area contributed by atoms with Gasteiger partial charge in [-0.2, -0.15) is 0 Å². The number of halogens is 1. The zero-order valence-electron chi connectivity index (χ0n) is 11.1. The van der Waals surface area contributed by atoms with Crippen LogP contribution >= 0.6 is 22.6 Å². The average molecular weight is 365 g/mol. The van der Waals surface area contributed by atoms with Crippen molar-refractivity contribution in [2.24, 2.45) is 0 Å². The number of nitrogens with zero attached hydrogens (tertiary/aromatic N) is 1. The molecule has 2 aromatic rings. The highest BCUT2D eigenvalue weighted by atomic mass is 127. The number of hydrogen-bond donors (Lipinski definition) is 0. The Hall–Kier alpha value is -1.36. The van der Waals surface area contributed by atoms with Gasteiger partial charge in [-0.15, -0.1) is 0 Å². The summed E-state index contributed by atoms with van der Waals surface area (Å²) in [6.07, 6.45) is 0. The lowest BCUT2D eigenvalue weighted by molar-refractivity contribution is 0.101. The van der Waals surface area contributed by atoms with E-state index in [0.717, 1.165) is 17.8 Å². The minimum atomic E-state index is 0.102. The Balaban J connectivity index is 2.28. The number of anilines is 1. The zero-order valence-corrected chi connectivity index (χ0v) is 13.2. The maximum atomic E-state index is 11.7. The Morgan fingerprint density at radius 3 is 2.42 bits per heavy atom. The molecule has 98 valence electrons. The Labute approximate surface area is 127 Å². The fraction of sp³-hybridized carbons (Fsp3) is 0.188. The van der Waals surface area contributed by atoms with Gasteiger partial charge in [-0.3, -0.25) is 4.79 Å². The first kappa shape index (κ1) is 14.1. The molecule has 3 heteroatoms. The molecular weight excluding hydrogens is 349 g/mol. The molecule has 0 amide bonds. The third kappa shape index (κ3) is 3.35. The van der Waals surface area contributed by atoms with Crippen LogP contribution in [0, 0.1) is 3.57 Å². The van der Waals surface area contributed by atoms with Crippen molar-refractivity contribution in [3.8, 4) is 0 Å². The van der Waals surface area contributed by atoms with Crippen LogP contribution in [0.2, 0.25) is 0 Å². The van der Waals surface area contributed by atoms with Gasteiger partial charge in [0.15, 0.2) is 5.78 Å². The number of hydrogen-bond acceptors (Lipinski definition) is 2. The molecule has 0 unspecified atom stereocenters. The molecule has 0 saturated carbocycles. The van der Waals surface area contributed by atoms with Gasteiger partial charge >= 0.3 is 0 Å². The standard InChI is InChI=1S/C16H16INO/c1-12(19)14-8-4-6-10-16(14)18(2)11-13-7-3-5-9-15(13)17/h3-10H,11H2,1-2H3. The SMILES string of the molecule is CC(=O)c1ccccc1N(C)Cc1ccccc1I. The van der Waals surface area contributed by atoms with E-state index in [-0.39, 0.29) is 5.78 Å². The molecule has 0 radical (unpaired) electrons. The summed E-state index contributed by atoms with van der Waals surface area (Å²) in [5.74, 6) is 0.102. The molecule has 0 aliphatic carbocycles. The molecule has 0 bridgehead atoms. The summed E-state index contributed by atoms with van der Waals surface area (Å²) in [6, 6.07) is 16.0. The Kier molecular flexibility index (Phi) is 4.58. The van der Waals surface area contributed by atoms with Gasteiger partial charge in [0, 0.05) is 28.4 Å². The molecule has 2 rings (SSSR count). The number of para-hydroxylation sites is 1. The fourth-order valence-corrected chi connectivity index (χ4v) is 2.63. The molecule has 0 atom stereocenters. The van der Waals surface area contributed by atoms with Gasteiger partial charge in [-0.1, -0.05) is 30.3 Å². The predicted molar refractivity (Wildman–Crippen MR) is 87.7 cm³/mol. The lowest BCUT2D eigenvalue weighted by Crippen LogP contribution is -2.19. The van der Waals surface area contributed by atoms with E-state index in [9.17, 15) is 4.79 Å². The summed E-state index contributed by atoms with van der Waals surface area (Å²) in [7, 11) is 2.02. The number of Topliss-reactive ketones (excluding diaryl/α,β-unsaturated/α-hetero) is 1. The van der Waals surface area contributed by atoms with Crippen molar-refractivity contribution in [2.45, 2.75) is 13.5 Å². The summed E-state index contributed by atoms with van der Waals surface area (Å²) < 4.78 is 1.24. The van der Waals surface area contributed by atoms with E-state index in [2.05, 4.69) is 39.6 Å². The molecule has 0 saturated heterocycles. The third-order valence-electron chi connectivity index (χ3n) is 3.06. The first-order chi connectivity index (χ1) is 9.09. The summed E-state index contributed by atoms with van der Waals surface area (Å²) in [4.78, 5) is 13.8. The molecule has 19 heavy (non-hydrogen) atoms. The average Bonchev–Trinajstić information content (AvgIpc) is 2.41. The van der Waals surface area contributed by atoms with Crippen molar-refractivity contribution in [3.63, 3.8) is 0 Å². The van der Waals surface area contributed by atoms with Crippen molar-refractivity contribution in [1.29, 1.82) is 0 Å². The van der Waals surface area contributed by atoms with Crippen molar-refractivity contribution < 1.29 is 4.79 Å². The van der Waals surface area contributed by atoms with Gasteiger partial charge in [0.05, 0.1) is 0 Å². The van der Waals surface area contributed by atoms with Gasteiger partial charge in [-0.05, 0) is 53.3 Å². The largest absolute Gasteiger partial charge is 0.370 e. The van der Waals surface area contributed by atoms with Gasteiger partial charge in [0.1, 0.15) is 0 Å². The predicted octanol–water partition coefficient (Wildman–Crippen LogP) is 4.13. The number of carbonyl (C=O) groups excluding carboxylic acids is 1. The highest BCUT2D eigenvalue weighted by Crippen LogP contribution is 2.22. The number of benzene rings is 2. The molecule has 0 aliphatic heterocycles. The Morgan fingerprint density at radius 2 is 1.74 bits per heavy atom. The second-order valence-electron chi connectivity index (χ2n) is 4.52. The summed E-state index contributed by atoms with van der Waals surface area (Å²) in [5, 5.41) is 0. The molecule has 0 aliphatic rings. The monoisotopic (exact) mass is 365 g/mol. The first-order valence-corrected chi connectivity index (χ1v) is 7.22. The smallest absolute Gasteiger partial charge is 0.161 e. The van der Waals surface area contributed by atoms with Crippen LogP contribution < -0.4 is 4.90 Å². The molecule has 0 heterocycles. The van der Waals surface area contributed by atoms with Crippen LogP contribution in [0.5, 0.6) is 0 Å². The molecule has 0 N–H and O–H groups in total. The molecule has 2 aromatic carbocycles. The fourth-order valence-electron chi connectivity index (χ4n) is 2.07. The van der Waals surface area contributed by atoms with E-state index in [4.69, 9.17) is 0 Å². The maximum absolute atomic E-state index is 11.7. The number of rotatable bonds is 4. The van der Waals surface area contributed by atoms with E-state index < -0.39 is 0 Å². The van der Waals surface area contributed by atoms with Crippen molar-refractivity contribution in [2.75, 3.05) is 11.9 Å². The van der Waals surface area contributed by atoms with Crippen LogP contribution in [0.15, 0.2) is 48.5 Å². The lowest BCUT2D eigenvalue weighted by atomic mass is 10.1. The highest BCUT2D eigenvalue weighted by molar-refractivity contribution is 14.1. The van der Waals surface area contributed by atoms with Crippen LogP contribution in [-0.4, -0.2) is 12.8 Å². The Bertz CT molecular complexity index is 595. The topological polar surface area (TPSA) is 20.3 Å². The zero-order chi connectivity index (χ0) is 13.8. The van der Waals surface area contributed by atoms with Crippen LogP contribution in [0.3, 0.4) is 0 Å². The van der Waals surface area contributed by atoms with Crippen molar-refractivity contribution in [3.05, 3.63) is 63.2 Å². The molecule has 0 aromatic heterocycles. The second-order valence-corrected chi connectivity index (χ2v) is 5.68. The van der Waals surface area contributed by atoms with E-state index in [0.29, 0.717) is 0 Å². The summed E-state index contributed by atoms with van der Waals surface area (Å²) in [6.45, 7) is 2.41. The lowest BCUT2D eigenvalue weighted by Gasteiger charge is -2.22. The van der Waals surface area contributed by atoms with E-state index in [1.807, 2.05) is 43.4 Å². The van der Waals surface area contributed by atoms with Crippen LogP contribution in [-0.2, 0) is 6.54 Å². The summed E-state index contributed by atoms with van der Waals surface area (Å²) in [5.41, 5.74) is 3.02. The van der Waals surface area contributed by atoms with Gasteiger partial charge in [0.25, 0.3) is 0 Å². The van der Waals surface area contributed by atoms with E-state index in [1.165, 1.54) is 9.13 Å². The number of ketones is 1. The minimum absolute atomic E-state index is 0.102. The van der Waals surface area contributed by atoms with Gasteiger partial charge in [-0.25, -0.2) is 0 Å². The van der Waals surface area contributed by atoms with Crippen molar-refractivity contribution >= 4 is 34.1 Å². The van der Waals surface area contributed by atoms with Crippen molar-refractivity contribution in [1.82, 2.24) is 0 Å². The van der Waals surface area contributed by atoms with E-state index in [1.54, 1.807) is 6.92 Å². The number of carbonyl (C=O) groups is 1. The minimum Gasteiger partial charge on any atom is -0.370 e. The highest BCUT2D eigenvalue weighted by Gasteiger charge is 2.11. The molecule has 2 nitrogen and oxygen atoms in total. The van der Waals surface area contributed by atoms with Gasteiger partial charge in [0.2, 0.25) is 0 Å². The second kappa shape index (κ2) is 6.19. The van der Waals surface area contributed by atoms with Crippen LogP contribution in [0.25, 0.3) is 0 Å². The van der Waals surface area contributed by atoms with E-state index >= 15 is 0 Å². The quantitative estimate of drug-likeness (QED) is 0.600.